The molecule has 1 aromatic carbocycles. The molecular weight excluding hydrogens is 259 g/mol. The van der Waals surface area contributed by atoms with Gasteiger partial charge < -0.3 is 10.0 Å². The Morgan fingerprint density at radius 2 is 1.90 bits per heavy atom. The summed E-state index contributed by atoms with van der Waals surface area (Å²) in [6, 6.07) is 3.99. The fourth-order valence-corrected chi connectivity index (χ4v) is 2.56. The van der Waals surface area contributed by atoms with Crippen LogP contribution in [0.25, 0.3) is 0 Å². The number of piperazine rings is 1. The summed E-state index contributed by atoms with van der Waals surface area (Å²) in [5, 5.41) is 8.96. The maximum Gasteiger partial charge on any atom is 0.335 e. The molecule has 2 rings (SSSR count). The Morgan fingerprint density at radius 3 is 2.50 bits per heavy atom. The van der Waals surface area contributed by atoms with Crippen molar-refractivity contribution in [3.8, 4) is 0 Å². The van der Waals surface area contributed by atoms with Crippen LogP contribution in [0, 0.1) is 5.82 Å². The molecule has 1 fully saturated rings. The minimum absolute atomic E-state index is 0.144. The summed E-state index contributed by atoms with van der Waals surface area (Å²) in [6.45, 7) is 7.54. The molecule has 0 radical (unpaired) electrons. The second-order valence-electron chi connectivity index (χ2n) is 5.23. The molecule has 0 aromatic heterocycles. The maximum atomic E-state index is 13.8. The number of halogens is 1. The van der Waals surface area contributed by atoms with Crippen LogP contribution >= 0.6 is 0 Å². The van der Waals surface area contributed by atoms with Gasteiger partial charge in [0.05, 0.1) is 5.56 Å². The van der Waals surface area contributed by atoms with Crippen molar-refractivity contribution in [1.82, 2.24) is 9.80 Å². The second-order valence-corrected chi connectivity index (χ2v) is 5.23. The van der Waals surface area contributed by atoms with Gasteiger partial charge in [0.1, 0.15) is 5.82 Å². The van der Waals surface area contributed by atoms with Gasteiger partial charge in [0.25, 0.3) is 0 Å². The van der Waals surface area contributed by atoms with E-state index in [0.717, 1.165) is 39.1 Å². The van der Waals surface area contributed by atoms with E-state index in [1.54, 1.807) is 0 Å². The first-order valence-electron chi connectivity index (χ1n) is 7.06. The van der Waals surface area contributed by atoms with Crippen LogP contribution in [-0.4, -0.2) is 53.6 Å². The van der Waals surface area contributed by atoms with Crippen LogP contribution in [0.2, 0.25) is 0 Å². The Kier molecular flexibility index (Phi) is 5.09. The highest BCUT2D eigenvalue weighted by Crippen LogP contribution is 2.15. The predicted octanol–water partition coefficient (Wildman–Crippen LogP) is 2.05. The Balaban J connectivity index is 1.97. The molecule has 1 saturated heterocycles. The van der Waals surface area contributed by atoms with Gasteiger partial charge >= 0.3 is 5.97 Å². The highest BCUT2D eigenvalue weighted by Gasteiger charge is 2.18. The van der Waals surface area contributed by atoms with E-state index in [0.29, 0.717) is 12.1 Å². The van der Waals surface area contributed by atoms with E-state index in [-0.39, 0.29) is 11.4 Å². The van der Waals surface area contributed by atoms with Gasteiger partial charge in [0.15, 0.2) is 0 Å². The lowest BCUT2D eigenvalue weighted by molar-refractivity contribution is 0.0696. The number of nitrogens with zero attached hydrogens (tertiary/aromatic N) is 2. The molecule has 0 spiro atoms. The molecule has 1 aliphatic heterocycles. The van der Waals surface area contributed by atoms with Crippen molar-refractivity contribution in [3.05, 3.63) is 35.1 Å². The number of carboxylic acids is 1. The summed E-state index contributed by atoms with van der Waals surface area (Å²) in [5.74, 6) is -1.34. The summed E-state index contributed by atoms with van der Waals surface area (Å²) in [7, 11) is 0. The van der Waals surface area contributed by atoms with Crippen molar-refractivity contribution in [2.45, 2.75) is 19.9 Å². The van der Waals surface area contributed by atoms with Gasteiger partial charge in [-0.1, -0.05) is 6.92 Å². The van der Waals surface area contributed by atoms with Gasteiger partial charge in [-0.15, -0.1) is 0 Å². The number of carbonyl (C=O) groups is 1. The van der Waals surface area contributed by atoms with Gasteiger partial charge in [0, 0.05) is 38.3 Å². The molecule has 1 heterocycles. The summed E-state index contributed by atoms with van der Waals surface area (Å²) >= 11 is 0. The molecule has 0 aliphatic carbocycles. The molecule has 0 saturated carbocycles. The van der Waals surface area contributed by atoms with Gasteiger partial charge in [0.2, 0.25) is 0 Å². The average molecular weight is 280 g/mol. The molecular formula is C15H21FN2O2. The van der Waals surface area contributed by atoms with Crippen LogP contribution in [0.5, 0.6) is 0 Å². The molecule has 0 amide bonds. The van der Waals surface area contributed by atoms with Crippen LogP contribution in [-0.2, 0) is 6.54 Å². The molecule has 0 unspecified atom stereocenters. The Bertz CT molecular complexity index is 471. The van der Waals surface area contributed by atoms with Gasteiger partial charge in [-0.05, 0) is 31.2 Å². The minimum atomic E-state index is -1.01. The first-order valence-corrected chi connectivity index (χ1v) is 7.06. The highest BCUT2D eigenvalue weighted by atomic mass is 19.1. The first kappa shape index (κ1) is 14.9. The lowest BCUT2D eigenvalue weighted by Crippen LogP contribution is -2.46. The van der Waals surface area contributed by atoms with Crippen molar-refractivity contribution in [1.29, 1.82) is 0 Å². The van der Waals surface area contributed by atoms with Crippen LogP contribution in [0.15, 0.2) is 18.2 Å². The highest BCUT2D eigenvalue weighted by molar-refractivity contribution is 5.87. The zero-order valence-electron chi connectivity index (χ0n) is 11.8. The van der Waals surface area contributed by atoms with Crippen LogP contribution in [0.1, 0.15) is 29.3 Å². The fourth-order valence-electron chi connectivity index (χ4n) is 2.56. The van der Waals surface area contributed by atoms with Crippen molar-refractivity contribution < 1.29 is 14.3 Å². The van der Waals surface area contributed by atoms with E-state index in [1.807, 2.05) is 0 Å². The van der Waals surface area contributed by atoms with Crippen molar-refractivity contribution in [3.63, 3.8) is 0 Å². The summed E-state index contributed by atoms with van der Waals surface area (Å²) in [4.78, 5) is 15.5. The molecule has 1 aliphatic rings. The minimum Gasteiger partial charge on any atom is -0.478 e. The van der Waals surface area contributed by atoms with Gasteiger partial charge in [-0.25, -0.2) is 9.18 Å². The van der Waals surface area contributed by atoms with E-state index in [1.165, 1.54) is 18.2 Å². The molecule has 1 N–H and O–H groups in total. The molecule has 5 heteroatoms. The number of hydrogen-bond acceptors (Lipinski definition) is 3. The van der Waals surface area contributed by atoms with E-state index in [9.17, 15) is 9.18 Å². The zero-order valence-corrected chi connectivity index (χ0v) is 11.8. The lowest BCUT2D eigenvalue weighted by atomic mass is 10.1. The van der Waals surface area contributed by atoms with E-state index in [2.05, 4.69) is 16.7 Å². The first-order chi connectivity index (χ1) is 9.60. The number of hydrogen-bond donors (Lipinski definition) is 1. The smallest absolute Gasteiger partial charge is 0.335 e. The summed E-state index contributed by atoms with van der Waals surface area (Å²) in [5.41, 5.74) is 0.611. The number of benzene rings is 1. The number of aromatic carboxylic acids is 1. The van der Waals surface area contributed by atoms with E-state index < -0.39 is 5.97 Å². The summed E-state index contributed by atoms with van der Waals surface area (Å²) < 4.78 is 13.8. The third kappa shape index (κ3) is 3.77. The van der Waals surface area contributed by atoms with E-state index in [4.69, 9.17) is 5.11 Å². The largest absolute Gasteiger partial charge is 0.478 e. The normalized spacial score (nSPS) is 17.3. The molecule has 4 nitrogen and oxygen atoms in total. The van der Waals surface area contributed by atoms with Crippen molar-refractivity contribution in [2.24, 2.45) is 0 Å². The maximum absolute atomic E-state index is 13.8. The molecule has 0 bridgehead atoms. The topological polar surface area (TPSA) is 43.8 Å². The second kappa shape index (κ2) is 6.81. The molecule has 110 valence electrons. The summed E-state index contributed by atoms with van der Waals surface area (Å²) in [6.07, 6.45) is 1.15. The Hall–Kier alpha value is -1.46. The standard InChI is InChI=1S/C15H21FN2O2/c1-2-5-17-6-8-18(9-7-17)11-13-10-12(15(19)20)3-4-14(13)16/h3-4,10H,2,5-9,11H2,1H3,(H,19,20). The number of rotatable bonds is 5. The third-order valence-electron chi connectivity index (χ3n) is 3.69. The van der Waals surface area contributed by atoms with Crippen LogP contribution in [0.4, 0.5) is 4.39 Å². The molecule has 0 atom stereocenters. The lowest BCUT2D eigenvalue weighted by Gasteiger charge is -2.34. The third-order valence-corrected chi connectivity index (χ3v) is 3.69. The fraction of sp³-hybridized carbons (Fsp3) is 0.533. The van der Waals surface area contributed by atoms with Crippen molar-refractivity contribution >= 4 is 5.97 Å². The molecule has 1 aromatic rings. The predicted molar refractivity (Wildman–Crippen MR) is 75.4 cm³/mol. The Morgan fingerprint density at radius 1 is 1.25 bits per heavy atom. The van der Waals surface area contributed by atoms with Gasteiger partial charge in [-0.2, -0.15) is 0 Å². The Labute approximate surface area is 118 Å². The van der Waals surface area contributed by atoms with Crippen LogP contribution in [0.3, 0.4) is 0 Å². The van der Waals surface area contributed by atoms with E-state index >= 15 is 0 Å². The number of carboxylic acid groups (broad SMARTS) is 1. The average Bonchev–Trinajstić information content (AvgIpc) is 2.43. The quantitative estimate of drug-likeness (QED) is 0.896. The van der Waals surface area contributed by atoms with Gasteiger partial charge in [-0.3, -0.25) is 4.90 Å². The van der Waals surface area contributed by atoms with Crippen molar-refractivity contribution in [2.75, 3.05) is 32.7 Å². The zero-order chi connectivity index (χ0) is 14.5. The van der Waals surface area contributed by atoms with Crippen LogP contribution < -0.4 is 0 Å². The monoisotopic (exact) mass is 280 g/mol. The molecule has 20 heavy (non-hydrogen) atoms. The SMILES string of the molecule is CCCN1CCN(Cc2cc(C(=O)O)ccc2F)CC1.